The van der Waals surface area contributed by atoms with E-state index in [4.69, 9.17) is 23.2 Å². The zero-order valence-corrected chi connectivity index (χ0v) is 12.4. The second kappa shape index (κ2) is 6.95. The molecular weight excluding hydrogens is 277 g/mol. The highest BCUT2D eigenvalue weighted by Crippen LogP contribution is 2.21. The van der Waals surface area contributed by atoms with Crippen molar-refractivity contribution in [1.82, 2.24) is 5.32 Å². The van der Waals surface area contributed by atoms with Crippen LogP contribution in [0.5, 0.6) is 0 Å². The molecular formula is C16H17Cl2N. The van der Waals surface area contributed by atoms with Crippen molar-refractivity contribution in [1.29, 1.82) is 0 Å². The van der Waals surface area contributed by atoms with E-state index < -0.39 is 0 Å². The van der Waals surface area contributed by atoms with Crippen molar-refractivity contribution in [2.45, 2.75) is 19.9 Å². The van der Waals surface area contributed by atoms with Gasteiger partial charge in [0, 0.05) is 16.6 Å². The van der Waals surface area contributed by atoms with Crippen LogP contribution in [0, 0.1) is 6.92 Å². The largest absolute Gasteiger partial charge is 0.312 e. The Morgan fingerprint density at radius 1 is 1.05 bits per heavy atom. The molecule has 0 fully saturated rings. The molecule has 0 aromatic heterocycles. The molecule has 1 nitrogen and oxygen atoms in total. The van der Waals surface area contributed by atoms with Crippen LogP contribution in [0.1, 0.15) is 16.7 Å². The lowest BCUT2D eigenvalue weighted by atomic mass is 10.1. The van der Waals surface area contributed by atoms with Gasteiger partial charge in [-0.1, -0.05) is 59.1 Å². The van der Waals surface area contributed by atoms with Crippen LogP contribution in [0.4, 0.5) is 0 Å². The number of benzene rings is 2. The lowest BCUT2D eigenvalue weighted by Gasteiger charge is -2.07. The Labute approximate surface area is 124 Å². The average Bonchev–Trinajstić information content (AvgIpc) is 2.37. The fourth-order valence-corrected chi connectivity index (χ4v) is 2.51. The molecule has 0 aliphatic carbocycles. The van der Waals surface area contributed by atoms with Gasteiger partial charge in [-0.3, -0.25) is 0 Å². The summed E-state index contributed by atoms with van der Waals surface area (Å²) in [5.74, 6) is 0. The van der Waals surface area contributed by atoms with E-state index in [1.807, 2.05) is 12.1 Å². The van der Waals surface area contributed by atoms with Gasteiger partial charge in [0.15, 0.2) is 0 Å². The zero-order valence-electron chi connectivity index (χ0n) is 10.9. The maximum Gasteiger partial charge on any atom is 0.0453 e. The molecule has 2 aromatic carbocycles. The molecule has 0 spiro atoms. The van der Waals surface area contributed by atoms with E-state index in [2.05, 4.69) is 36.5 Å². The van der Waals surface area contributed by atoms with Crippen LogP contribution in [0.25, 0.3) is 0 Å². The molecule has 0 radical (unpaired) electrons. The molecule has 0 heterocycles. The van der Waals surface area contributed by atoms with Crippen LogP contribution in [0.15, 0.2) is 42.5 Å². The molecule has 1 N–H and O–H groups in total. The Bertz CT molecular complexity index is 552. The average molecular weight is 294 g/mol. The van der Waals surface area contributed by atoms with Gasteiger partial charge >= 0.3 is 0 Å². The third-order valence-corrected chi connectivity index (χ3v) is 3.58. The van der Waals surface area contributed by atoms with Crippen molar-refractivity contribution in [2.24, 2.45) is 0 Å². The Morgan fingerprint density at radius 2 is 1.89 bits per heavy atom. The van der Waals surface area contributed by atoms with Gasteiger partial charge in [0.1, 0.15) is 0 Å². The van der Waals surface area contributed by atoms with Crippen molar-refractivity contribution in [3.63, 3.8) is 0 Å². The van der Waals surface area contributed by atoms with Crippen LogP contribution in [0.2, 0.25) is 10.0 Å². The maximum atomic E-state index is 6.13. The predicted octanol–water partition coefficient (Wildman–Crippen LogP) is 4.63. The molecule has 2 aromatic rings. The molecule has 0 aliphatic heterocycles. The number of halogens is 2. The van der Waals surface area contributed by atoms with Crippen molar-refractivity contribution in [3.05, 3.63) is 69.2 Å². The van der Waals surface area contributed by atoms with E-state index in [0.29, 0.717) is 5.02 Å². The normalized spacial score (nSPS) is 10.7. The van der Waals surface area contributed by atoms with Gasteiger partial charge in [0.2, 0.25) is 0 Å². The van der Waals surface area contributed by atoms with Crippen LogP contribution < -0.4 is 5.32 Å². The summed E-state index contributed by atoms with van der Waals surface area (Å²) in [6, 6.07) is 14.2. The summed E-state index contributed by atoms with van der Waals surface area (Å²) in [6.07, 6.45) is 0.905. The quantitative estimate of drug-likeness (QED) is 0.792. The van der Waals surface area contributed by atoms with Crippen molar-refractivity contribution >= 4 is 23.2 Å². The molecule has 19 heavy (non-hydrogen) atoms. The summed E-state index contributed by atoms with van der Waals surface area (Å²) < 4.78 is 0. The van der Waals surface area contributed by atoms with E-state index in [1.165, 1.54) is 11.1 Å². The van der Waals surface area contributed by atoms with Gasteiger partial charge in [-0.05, 0) is 43.1 Å². The summed E-state index contributed by atoms with van der Waals surface area (Å²) in [6.45, 7) is 3.89. The lowest BCUT2D eigenvalue weighted by Crippen LogP contribution is -2.16. The molecule has 3 heteroatoms. The highest BCUT2D eigenvalue weighted by atomic mass is 35.5. The minimum absolute atomic E-state index is 0.682. The molecule has 100 valence electrons. The van der Waals surface area contributed by atoms with Crippen LogP contribution in [-0.4, -0.2) is 6.54 Å². The maximum absolute atomic E-state index is 6.13. The number of nitrogens with one attached hydrogen (secondary N) is 1. The summed E-state index contributed by atoms with van der Waals surface area (Å²) in [7, 11) is 0. The van der Waals surface area contributed by atoms with Gasteiger partial charge in [-0.15, -0.1) is 0 Å². The van der Waals surface area contributed by atoms with Gasteiger partial charge in [0.05, 0.1) is 0 Å². The van der Waals surface area contributed by atoms with Crippen molar-refractivity contribution < 1.29 is 0 Å². The van der Waals surface area contributed by atoms with Gasteiger partial charge < -0.3 is 5.32 Å². The summed E-state index contributed by atoms with van der Waals surface area (Å²) in [5, 5.41) is 4.85. The topological polar surface area (TPSA) is 12.0 Å². The smallest absolute Gasteiger partial charge is 0.0453 e. The van der Waals surface area contributed by atoms with Gasteiger partial charge in [-0.25, -0.2) is 0 Å². The van der Waals surface area contributed by atoms with E-state index in [0.717, 1.165) is 30.1 Å². The fourth-order valence-electron chi connectivity index (χ4n) is 2.00. The minimum atomic E-state index is 0.682. The standard InChI is InChI=1S/C16H17Cl2N/c1-12-3-2-4-13(9-12)11-19-8-7-14-5-6-15(17)10-16(14)18/h2-6,9-10,19H,7-8,11H2,1H3. The minimum Gasteiger partial charge on any atom is -0.312 e. The monoisotopic (exact) mass is 293 g/mol. The zero-order chi connectivity index (χ0) is 13.7. The molecule has 0 amide bonds. The first kappa shape index (κ1) is 14.4. The van der Waals surface area contributed by atoms with Crippen LogP contribution in [0.3, 0.4) is 0 Å². The van der Waals surface area contributed by atoms with Crippen LogP contribution in [-0.2, 0) is 13.0 Å². The van der Waals surface area contributed by atoms with E-state index in [-0.39, 0.29) is 0 Å². The van der Waals surface area contributed by atoms with Gasteiger partial charge in [0.25, 0.3) is 0 Å². The Kier molecular flexibility index (Phi) is 5.26. The second-order valence-electron chi connectivity index (χ2n) is 4.65. The first-order valence-corrected chi connectivity index (χ1v) is 7.11. The third kappa shape index (κ3) is 4.54. The predicted molar refractivity (Wildman–Crippen MR) is 83.1 cm³/mol. The Morgan fingerprint density at radius 3 is 2.63 bits per heavy atom. The van der Waals surface area contributed by atoms with Crippen molar-refractivity contribution in [2.75, 3.05) is 6.54 Å². The third-order valence-electron chi connectivity index (χ3n) is 3.00. The molecule has 0 aliphatic rings. The highest BCUT2D eigenvalue weighted by Gasteiger charge is 2.01. The number of hydrogen-bond donors (Lipinski definition) is 1. The number of rotatable bonds is 5. The molecule has 0 unspecified atom stereocenters. The molecule has 2 rings (SSSR count). The summed E-state index contributed by atoms with van der Waals surface area (Å²) >= 11 is 12.0. The lowest BCUT2D eigenvalue weighted by molar-refractivity contribution is 0.687. The first-order valence-electron chi connectivity index (χ1n) is 6.35. The second-order valence-corrected chi connectivity index (χ2v) is 5.50. The van der Waals surface area contributed by atoms with E-state index in [9.17, 15) is 0 Å². The summed E-state index contributed by atoms with van der Waals surface area (Å²) in [5.41, 5.74) is 3.73. The SMILES string of the molecule is Cc1cccc(CNCCc2ccc(Cl)cc2Cl)c1. The molecule has 0 saturated heterocycles. The van der Waals surface area contributed by atoms with Gasteiger partial charge in [-0.2, -0.15) is 0 Å². The number of hydrogen-bond acceptors (Lipinski definition) is 1. The highest BCUT2D eigenvalue weighted by molar-refractivity contribution is 6.35. The van der Waals surface area contributed by atoms with Crippen molar-refractivity contribution in [3.8, 4) is 0 Å². The Hall–Kier alpha value is -1.02. The first-order chi connectivity index (χ1) is 9.15. The summed E-state index contributed by atoms with van der Waals surface area (Å²) in [4.78, 5) is 0. The van der Waals surface area contributed by atoms with E-state index in [1.54, 1.807) is 6.07 Å². The number of aryl methyl sites for hydroxylation is 1. The molecule has 0 bridgehead atoms. The van der Waals surface area contributed by atoms with E-state index >= 15 is 0 Å². The molecule has 0 saturated carbocycles. The Balaban J connectivity index is 1.81. The fraction of sp³-hybridized carbons (Fsp3) is 0.250. The van der Waals surface area contributed by atoms with Crippen LogP contribution >= 0.6 is 23.2 Å². The molecule has 0 atom stereocenters.